The number of hydrogen-bond donors (Lipinski definition) is 0. The van der Waals surface area contributed by atoms with Gasteiger partial charge in [0.25, 0.3) is 5.91 Å². The Labute approximate surface area is 158 Å². The Morgan fingerprint density at radius 1 is 1.07 bits per heavy atom. The van der Waals surface area contributed by atoms with Gasteiger partial charge in [-0.3, -0.25) is 19.3 Å². The van der Waals surface area contributed by atoms with Crippen molar-refractivity contribution in [2.24, 2.45) is 0 Å². The van der Waals surface area contributed by atoms with Crippen LogP contribution in [0.5, 0.6) is 0 Å². The lowest BCUT2D eigenvalue weighted by Gasteiger charge is -2.38. The number of carbonyl (C=O) groups excluding carboxylic acids is 4. The molecule has 0 N–H and O–H groups in total. The van der Waals surface area contributed by atoms with Crippen LogP contribution in [0.4, 0.5) is 5.69 Å². The minimum atomic E-state index is -0.651. The number of nitrogens with zero attached hydrogens (tertiary/aromatic N) is 2. The topological polar surface area (TPSA) is 84.0 Å². The zero-order chi connectivity index (χ0) is 19.6. The summed E-state index contributed by atoms with van der Waals surface area (Å²) in [4.78, 5) is 51.4. The van der Waals surface area contributed by atoms with Crippen molar-refractivity contribution in [3.63, 3.8) is 0 Å². The van der Waals surface area contributed by atoms with Crippen molar-refractivity contribution in [1.82, 2.24) is 4.90 Å². The lowest BCUT2D eigenvalue weighted by molar-refractivity contribution is -0.140. The molecule has 144 valence electrons. The molecule has 2 aliphatic rings. The SMILES string of the molecule is C[C@@H]1CCC[C@@H](C)N1C(=O)COC(=O)c1cccc(N2C(=O)CCC2=O)c1. The fourth-order valence-electron chi connectivity index (χ4n) is 3.83. The highest BCUT2D eigenvalue weighted by Crippen LogP contribution is 2.24. The van der Waals surface area contributed by atoms with Crippen LogP contribution in [0.25, 0.3) is 0 Å². The summed E-state index contributed by atoms with van der Waals surface area (Å²) in [5.74, 6) is -1.42. The van der Waals surface area contributed by atoms with Crippen LogP contribution in [-0.2, 0) is 19.1 Å². The van der Waals surface area contributed by atoms with Gasteiger partial charge in [-0.2, -0.15) is 0 Å². The number of hydrogen-bond acceptors (Lipinski definition) is 5. The Hall–Kier alpha value is -2.70. The van der Waals surface area contributed by atoms with Gasteiger partial charge in [0, 0.05) is 24.9 Å². The van der Waals surface area contributed by atoms with Crippen LogP contribution in [0, 0.1) is 0 Å². The minimum absolute atomic E-state index is 0.135. The van der Waals surface area contributed by atoms with Crippen molar-refractivity contribution in [2.75, 3.05) is 11.5 Å². The van der Waals surface area contributed by atoms with E-state index >= 15 is 0 Å². The quantitative estimate of drug-likeness (QED) is 0.598. The summed E-state index contributed by atoms with van der Waals surface area (Å²) in [5, 5.41) is 0. The second kappa shape index (κ2) is 7.90. The third-order valence-electron chi connectivity index (χ3n) is 5.20. The third kappa shape index (κ3) is 4.02. The zero-order valence-corrected chi connectivity index (χ0v) is 15.6. The molecule has 0 bridgehead atoms. The molecular weight excluding hydrogens is 348 g/mol. The molecule has 7 nitrogen and oxygen atoms in total. The van der Waals surface area contributed by atoms with Crippen LogP contribution in [-0.4, -0.2) is 47.3 Å². The summed E-state index contributed by atoms with van der Waals surface area (Å²) >= 11 is 0. The molecule has 2 heterocycles. The summed E-state index contributed by atoms with van der Waals surface area (Å²) in [7, 11) is 0. The first-order chi connectivity index (χ1) is 12.9. The summed E-state index contributed by atoms with van der Waals surface area (Å²) < 4.78 is 5.19. The van der Waals surface area contributed by atoms with Gasteiger partial charge in [-0.05, 0) is 51.3 Å². The van der Waals surface area contributed by atoms with Crippen LogP contribution in [0.3, 0.4) is 0 Å². The van der Waals surface area contributed by atoms with Crippen LogP contribution >= 0.6 is 0 Å². The zero-order valence-electron chi connectivity index (χ0n) is 15.6. The number of rotatable bonds is 4. The number of imide groups is 1. The Morgan fingerprint density at radius 3 is 2.33 bits per heavy atom. The molecule has 0 spiro atoms. The van der Waals surface area contributed by atoms with Gasteiger partial charge in [0.2, 0.25) is 11.8 Å². The van der Waals surface area contributed by atoms with E-state index in [-0.39, 0.29) is 54.8 Å². The van der Waals surface area contributed by atoms with Crippen molar-refractivity contribution in [3.05, 3.63) is 29.8 Å². The Morgan fingerprint density at radius 2 is 1.70 bits per heavy atom. The number of benzene rings is 1. The monoisotopic (exact) mass is 372 g/mol. The van der Waals surface area contributed by atoms with E-state index in [1.54, 1.807) is 17.0 Å². The van der Waals surface area contributed by atoms with Gasteiger partial charge < -0.3 is 9.64 Å². The molecule has 0 radical (unpaired) electrons. The van der Waals surface area contributed by atoms with E-state index in [4.69, 9.17) is 4.74 Å². The molecule has 1 aromatic rings. The first kappa shape index (κ1) is 19.1. The standard InChI is InChI=1S/C20H24N2O5/c1-13-5-3-6-14(2)21(13)19(25)12-27-20(26)15-7-4-8-16(11-15)22-17(23)9-10-18(22)24/h4,7-8,11,13-14H,3,5-6,9-10,12H2,1-2H3/t13-,14-/m1/s1. The summed E-state index contributed by atoms with van der Waals surface area (Å²) in [6.45, 7) is 3.69. The third-order valence-corrected chi connectivity index (χ3v) is 5.20. The fraction of sp³-hybridized carbons (Fsp3) is 0.500. The van der Waals surface area contributed by atoms with E-state index in [1.807, 2.05) is 13.8 Å². The molecule has 1 aromatic carbocycles. The van der Waals surface area contributed by atoms with E-state index in [2.05, 4.69) is 0 Å². The molecule has 0 aromatic heterocycles. The van der Waals surface area contributed by atoms with Gasteiger partial charge in [0.05, 0.1) is 11.3 Å². The molecule has 3 amide bonds. The number of esters is 1. The van der Waals surface area contributed by atoms with Crippen molar-refractivity contribution in [2.45, 2.75) is 58.0 Å². The molecule has 7 heteroatoms. The predicted octanol–water partition coefficient (Wildman–Crippen LogP) is 2.29. The average Bonchev–Trinajstić information content (AvgIpc) is 2.98. The molecule has 0 saturated carbocycles. The van der Waals surface area contributed by atoms with Crippen LogP contribution < -0.4 is 4.90 Å². The highest BCUT2D eigenvalue weighted by atomic mass is 16.5. The smallest absolute Gasteiger partial charge is 0.338 e. The lowest BCUT2D eigenvalue weighted by atomic mass is 9.97. The maximum Gasteiger partial charge on any atom is 0.338 e. The number of likely N-dealkylation sites (tertiary alicyclic amines) is 1. The van der Waals surface area contributed by atoms with Gasteiger partial charge >= 0.3 is 5.97 Å². The van der Waals surface area contributed by atoms with Gasteiger partial charge in [-0.15, -0.1) is 0 Å². The van der Waals surface area contributed by atoms with Gasteiger partial charge in [-0.25, -0.2) is 4.79 Å². The molecule has 0 aliphatic carbocycles. The normalized spacial score (nSPS) is 22.9. The van der Waals surface area contributed by atoms with E-state index < -0.39 is 5.97 Å². The van der Waals surface area contributed by atoms with Crippen LogP contribution in [0.1, 0.15) is 56.3 Å². The molecule has 2 aliphatic heterocycles. The highest BCUT2D eigenvalue weighted by molar-refractivity contribution is 6.20. The summed E-state index contributed by atoms with van der Waals surface area (Å²) in [6, 6.07) is 6.43. The Bertz CT molecular complexity index is 749. The second-order valence-corrected chi connectivity index (χ2v) is 7.18. The van der Waals surface area contributed by atoms with Gasteiger partial charge in [-0.1, -0.05) is 6.07 Å². The maximum atomic E-state index is 12.5. The van der Waals surface area contributed by atoms with Crippen LogP contribution in [0.2, 0.25) is 0 Å². The molecule has 0 unspecified atom stereocenters. The second-order valence-electron chi connectivity index (χ2n) is 7.18. The average molecular weight is 372 g/mol. The Balaban J connectivity index is 1.65. The lowest BCUT2D eigenvalue weighted by Crippen LogP contribution is -2.49. The number of ether oxygens (including phenoxy) is 1. The Kier molecular flexibility index (Phi) is 5.58. The number of amides is 3. The maximum absolute atomic E-state index is 12.5. The molecular formula is C20H24N2O5. The van der Waals surface area contributed by atoms with Crippen molar-refractivity contribution in [1.29, 1.82) is 0 Å². The first-order valence-corrected chi connectivity index (χ1v) is 9.32. The molecule has 3 rings (SSSR count). The summed E-state index contributed by atoms with van der Waals surface area (Å²) in [6.07, 6.45) is 3.34. The first-order valence-electron chi connectivity index (χ1n) is 9.32. The number of anilines is 1. The highest BCUT2D eigenvalue weighted by Gasteiger charge is 2.31. The number of piperidine rings is 1. The molecule has 2 saturated heterocycles. The largest absolute Gasteiger partial charge is 0.452 e. The van der Waals surface area contributed by atoms with E-state index in [9.17, 15) is 19.2 Å². The van der Waals surface area contributed by atoms with E-state index in [0.717, 1.165) is 24.2 Å². The van der Waals surface area contributed by atoms with Gasteiger partial charge in [0.15, 0.2) is 6.61 Å². The minimum Gasteiger partial charge on any atom is -0.452 e. The fourth-order valence-corrected chi connectivity index (χ4v) is 3.83. The van der Waals surface area contributed by atoms with Gasteiger partial charge in [0.1, 0.15) is 0 Å². The van der Waals surface area contributed by atoms with Crippen LogP contribution in [0.15, 0.2) is 24.3 Å². The van der Waals surface area contributed by atoms with Crippen molar-refractivity contribution < 1.29 is 23.9 Å². The van der Waals surface area contributed by atoms with E-state index in [0.29, 0.717) is 5.69 Å². The predicted molar refractivity (Wildman–Crippen MR) is 98.1 cm³/mol. The van der Waals surface area contributed by atoms with E-state index in [1.165, 1.54) is 12.1 Å². The van der Waals surface area contributed by atoms with Crippen molar-refractivity contribution in [3.8, 4) is 0 Å². The van der Waals surface area contributed by atoms with Crippen molar-refractivity contribution >= 4 is 29.4 Å². The molecule has 27 heavy (non-hydrogen) atoms. The molecule has 2 fully saturated rings. The summed E-state index contributed by atoms with van der Waals surface area (Å²) in [5.41, 5.74) is 0.550. The number of carbonyl (C=O) groups is 4. The molecule has 2 atom stereocenters.